The minimum absolute atomic E-state index is 0.00522. The Kier molecular flexibility index (Phi) is 11.5. The third-order valence-electron chi connectivity index (χ3n) is 11.1. The SMILES string of the molecule is CC(C)C(=N)/C=C(/NC(=O)N[C@H]1CC[C@@H](Oc2ccc3nnc(N4[C@H](C)CCC[C@@H]4C)n3c2)c2ccccc21)Nc1cnn(CCN2CCN(C)CC2)c1. The zero-order valence-corrected chi connectivity index (χ0v) is 32.3. The molecule has 0 bridgehead atoms. The van der Waals surface area contributed by atoms with Crippen molar-refractivity contribution in [3.63, 3.8) is 0 Å². The van der Waals surface area contributed by atoms with Crippen molar-refractivity contribution in [2.75, 3.05) is 50.0 Å². The molecule has 4 N–H and O–H groups in total. The first-order valence-electron chi connectivity index (χ1n) is 19.6. The number of nitrogens with one attached hydrogen (secondary N) is 4. The predicted molar refractivity (Wildman–Crippen MR) is 212 cm³/mol. The van der Waals surface area contributed by atoms with Gasteiger partial charge in [-0.3, -0.25) is 19.3 Å². The Morgan fingerprint density at radius 3 is 2.48 bits per heavy atom. The maximum atomic E-state index is 13.6. The number of ether oxygens (including phenoxy) is 1. The number of carbonyl (C=O) groups is 1. The molecule has 4 aromatic rings. The van der Waals surface area contributed by atoms with Crippen molar-refractivity contribution in [3.8, 4) is 5.75 Å². The molecule has 2 fully saturated rings. The van der Waals surface area contributed by atoms with Crippen LogP contribution in [0.2, 0.25) is 0 Å². The highest BCUT2D eigenvalue weighted by Gasteiger charge is 2.31. The lowest BCUT2D eigenvalue weighted by Crippen LogP contribution is -2.45. The van der Waals surface area contributed by atoms with E-state index in [4.69, 9.17) is 10.1 Å². The van der Waals surface area contributed by atoms with Crippen LogP contribution in [0, 0.1) is 11.3 Å². The summed E-state index contributed by atoms with van der Waals surface area (Å²) in [5.41, 5.74) is 4.02. The first-order valence-corrected chi connectivity index (χ1v) is 19.6. The van der Waals surface area contributed by atoms with E-state index >= 15 is 0 Å². The van der Waals surface area contributed by atoms with Gasteiger partial charge in [0.1, 0.15) is 17.7 Å². The Balaban J connectivity index is 1.01. The van der Waals surface area contributed by atoms with Crippen LogP contribution in [0.3, 0.4) is 0 Å². The van der Waals surface area contributed by atoms with E-state index in [1.54, 1.807) is 12.3 Å². The van der Waals surface area contributed by atoms with E-state index in [0.29, 0.717) is 30.0 Å². The number of carbonyl (C=O) groups excluding carboxylic acids is 1. The molecule has 2 amide bonds. The molecule has 1 aromatic carbocycles. The fourth-order valence-corrected chi connectivity index (χ4v) is 7.87. The van der Waals surface area contributed by atoms with Crippen molar-refractivity contribution in [2.45, 2.75) is 90.6 Å². The second-order valence-corrected chi connectivity index (χ2v) is 15.5. The summed E-state index contributed by atoms with van der Waals surface area (Å²) >= 11 is 0. The minimum Gasteiger partial charge on any atom is -0.484 e. The number of hydrogen-bond acceptors (Lipinski definition) is 10. The van der Waals surface area contributed by atoms with Gasteiger partial charge in [0.25, 0.3) is 0 Å². The van der Waals surface area contributed by atoms with Gasteiger partial charge in [-0.2, -0.15) is 5.10 Å². The Morgan fingerprint density at radius 1 is 0.963 bits per heavy atom. The molecule has 1 aliphatic carbocycles. The minimum atomic E-state index is -0.348. The molecule has 54 heavy (non-hydrogen) atoms. The molecule has 0 unspecified atom stereocenters. The molecule has 3 aromatic heterocycles. The Hall–Kier alpha value is -4.95. The van der Waals surface area contributed by atoms with E-state index in [1.807, 2.05) is 55.2 Å². The number of anilines is 2. The smallest absolute Gasteiger partial charge is 0.320 e. The van der Waals surface area contributed by atoms with Crippen molar-refractivity contribution >= 4 is 29.0 Å². The molecular formula is C40H56N12O2. The largest absolute Gasteiger partial charge is 0.484 e. The van der Waals surface area contributed by atoms with Gasteiger partial charge in [-0.25, -0.2) is 4.79 Å². The van der Waals surface area contributed by atoms with Gasteiger partial charge in [0.15, 0.2) is 5.65 Å². The molecule has 0 radical (unpaired) electrons. The average Bonchev–Trinajstić information content (AvgIpc) is 3.79. The highest BCUT2D eigenvalue weighted by molar-refractivity contribution is 5.95. The average molecular weight is 737 g/mol. The molecule has 14 heteroatoms. The van der Waals surface area contributed by atoms with Crippen molar-refractivity contribution in [3.05, 3.63) is 78.0 Å². The zero-order chi connectivity index (χ0) is 37.8. The zero-order valence-electron chi connectivity index (χ0n) is 32.3. The maximum absolute atomic E-state index is 13.6. The fourth-order valence-electron chi connectivity index (χ4n) is 7.87. The molecule has 3 aliphatic rings. The summed E-state index contributed by atoms with van der Waals surface area (Å²) in [5, 5.41) is 31.6. The molecule has 5 heterocycles. The number of piperidine rings is 1. The molecule has 2 aliphatic heterocycles. The summed E-state index contributed by atoms with van der Waals surface area (Å²) in [6.07, 6.45) is 12.1. The van der Waals surface area contributed by atoms with Crippen LogP contribution in [0.25, 0.3) is 5.65 Å². The van der Waals surface area contributed by atoms with Gasteiger partial charge in [0, 0.05) is 56.7 Å². The van der Waals surface area contributed by atoms with Gasteiger partial charge in [0.05, 0.1) is 30.7 Å². The number of allylic oxidation sites excluding steroid dienone is 1. The standard InChI is InChI=1S/C40H56N12O2/c1-27(2)34(41)23-37(43-30-24-42-50(25-30)22-21-49-19-17-48(5)18-20-49)45-39(53)44-35-14-15-36(33-12-7-6-11-32(33)35)54-31-13-16-38-46-47-40(51(38)26-31)52-28(3)9-8-10-29(52)4/h6-7,11-13,16,23-29,35-36,41,43H,8-10,14-15,17-22H2,1-5H3,(H2,44,45,53)/b37-23+,41-34?/t28-,29+,35-,36+/m0/s1. The number of urea groups is 1. The quantitative estimate of drug-likeness (QED) is 0.132. The Bertz CT molecular complexity index is 1930. The van der Waals surface area contributed by atoms with Crippen LogP contribution in [-0.2, 0) is 6.54 Å². The molecule has 4 atom stereocenters. The van der Waals surface area contributed by atoms with Crippen LogP contribution < -0.4 is 25.6 Å². The number of piperazine rings is 1. The summed E-state index contributed by atoms with van der Waals surface area (Å²) in [6, 6.07) is 12.3. The molecular weight excluding hydrogens is 681 g/mol. The van der Waals surface area contributed by atoms with Gasteiger partial charge in [-0.15, -0.1) is 10.2 Å². The van der Waals surface area contributed by atoms with Gasteiger partial charge in [0.2, 0.25) is 5.95 Å². The summed E-state index contributed by atoms with van der Waals surface area (Å²) in [7, 11) is 2.16. The van der Waals surface area contributed by atoms with Crippen LogP contribution in [0.5, 0.6) is 5.75 Å². The number of hydrogen-bond donors (Lipinski definition) is 4. The van der Waals surface area contributed by atoms with Crippen molar-refractivity contribution in [2.24, 2.45) is 5.92 Å². The van der Waals surface area contributed by atoms with Crippen LogP contribution >= 0.6 is 0 Å². The molecule has 0 spiro atoms. The second kappa shape index (κ2) is 16.6. The lowest BCUT2D eigenvalue weighted by Gasteiger charge is -2.39. The normalized spacial score (nSPS) is 22.6. The number of aromatic nitrogens is 5. The highest BCUT2D eigenvalue weighted by atomic mass is 16.5. The monoisotopic (exact) mass is 736 g/mol. The third kappa shape index (κ3) is 8.71. The molecule has 2 saturated heterocycles. The summed E-state index contributed by atoms with van der Waals surface area (Å²) in [5.74, 6) is 2.03. The lowest BCUT2D eigenvalue weighted by molar-refractivity contribution is 0.149. The highest BCUT2D eigenvalue weighted by Crippen LogP contribution is 2.39. The van der Waals surface area contributed by atoms with Crippen LogP contribution in [0.1, 0.15) is 83.1 Å². The Morgan fingerprint density at radius 2 is 1.72 bits per heavy atom. The van der Waals surface area contributed by atoms with E-state index in [1.165, 1.54) is 6.42 Å². The number of pyridine rings is 1. The fraction of sp³-hybridized carbons (Fsp3) is 0.525. The van der Waals surface area contributed by atoms with E-state index < -0.39 is 0 Å². The number of fused-ring (bicyclic) bond motifs is 2. The first kappa shape index (κ1) is 37.4. The van der Waals surface area contributed by atoms with Gasteiger partial charge >= 0.3 is 6.03 Å². The molecule has 14 nitrogen and oxygen atoms in total. The van der Waals surface area contributed by atoms with Crippen LogP contribution in [0.4, 0.5) is 16.4 Å². The van der Waals surface area contributed by atoms with E-state index in [-0.39, 0.29) is 24.1 Å². The Labute approximate surface area is 318 Å². The summed E-state index contributed by atoms with van der Waals surface area (Å²) < 4.78 is 10.7. The third-order valence-corrected chi connectivity index (χ3v) is 11.1. The van der Waals surface area contributed by atoms with Crippen molar-refractivity contribution in [1.82, 2.24) is 44.8 Å². The van der Waals surface area contributed by atoms with Gasteiger partial charge in [-0.1, -0.05) is 38.1 Å². The van der Waals surface area contributed by atoms with E-state index in [2.05, 4.69) is 83.4 Å². The lowest BCUT2D eigenvalue weighted by atomic mass is 9.85. The van der Waals surface area contributed by atoms with E-state index in [9.17, 15) is 4.79 Å². The molecule has 7 rings (SSSR count). The maximum Gasteiger partial charge on any atom is 0.320 e. The number of rotatable bonds is 12. The molecule has 288 valence electrons. The number of amides is 2. The summed E-state index contributed by atoms with van der Waals surface area (Å²) in [4.78, 5) is 20.8. The van der Waals surface area contributed by atoms with Gasteiger partial charge < -0.3 is 30.6 Å². The first-order chi connectivity index (χ1) is 26.1. The number of benzene rings is 1. The van der Waals surface area contributed by atoms with Crippen LogP contribution in [0.15, 0.2) is 66.9 Å². The molecule has 0 saturated carbocycles. The topological polar surface area (TPSA) is 144 Å². The predicted octanol–water partition coefficient (Wildman–Crippen LogP) is 5.82. The number of nitrogens with zero attached hydrogens (tertiary/aromatic N) is 8. The van der Waals surface area contributed by atoms with Crippen LogP contribution in [-0.4, -0.2) is 97.8 Å². The summed E-state index contributed by atoms with van der Waals surface area (Å²) in [6.45, 7) is 14.4. The van der Waals surface area contributed by atoms with E-state index in [0.717, 1.165) is 92.7 Å². The second-order valence-electron chi connectivity index (χ2n) is 15.5. The van der Waals surface area contributed by atoms with Crippen molar-refractivity contribution < 1.29 is 9.53 Å². The van der Waals surface area contributed by atoms with Crippen molar-refractivity contribution in [1.29, 1.82) is 5.41 Å². The van der Waals surface area contributed by atoms with Gasteiger partial charge in [-0.05, 0) is 88.3 Å². The number of likely N-dealkylation sites (N-methyl/N-ethyl adjacent to an activating group) is 1.